The monoisotopic (exact) mass is 301 g/mol. The fraction of sp³-hybridized carbons (Fsp3) is 0.526. The van der Waals surface area contributed by atoms with Gasteiger partial charge >= 0.3 is 6.09 Å². The number of amides is 1. The Morgan fingerprint density at radius 1 is 1.27 bits per heavy atom. The number of carbonyl (C=O) groups is 1. The lowest BCUT2D eigenvalue weighted by molar-refractivity contribution is 0.0103. The molecule has 1 amide bonds. The summed E-state index contributed by atoms with van der Waals surface area (Å²) in [4.78, 5) is 14.2. The molecule has 1 fully saturated rings. The van der Waals surface area contributed by atoms with Crippen LogP contribution in [0.25, 0.3) is 6.08 Å². The lowest BCUT2D eigenvalue weighted by Gasteiger charge is -2.36. The van der Waals surface area contributed by atoms with E-state index >= 15 is 0 Å². The first-order valence-electron chi connectivity index (χ1n) is 8.17. The predicted octanol–water partition coefficient (Wildman–Crippen LogP) is 4.88. The van der Waals surface area contributed by atoms with E-state index in [0.29, 0.717) is 0 Å². The Balaban J connectivity index is 1.95. The van der Waals surface area contributed by atoms with Crippen LogP contribution >= 0.6 is 0 Å². The molecule has 120 valence electrons. The van der Waals surface area contributed by atoms with Crippen molar-refractivity contribution in [3.05, 3.63) is 42.0 Å². The Bertz CT molecular complexity index is 502. The van der Waals surface area contributed by atoms with Crippen LogP contribution in [0, 0.1) is 0 Å². The molecule has 1 aliphatic rings. The molecule has 1 aromatic carbocycles. The molecule has 1 unspecified atom stereocenters. The molecule has 2 rings (SSSR count). The Kier molecular flexibility index (Phi) is 5.64. The van der Waals surface area contributed by atoms with E-state index in [-0.39, 0.29) is 12.1 Å². The number of hydrogen-bond donors (Lipinski definition) is 0. The van der Waals surface area contributed by atoms with Crippen molar-refractivity contribution >= 4 is 12.2 Å². The van der Waals surface area contributed by atoms with Crippen molar-refractivity contribution < 1.29 is 9.53 Å². The number of benzene rings is 1. The first kappa shape index (κ1) is 16.6. The van der Waals surface area contributed by atoms with E-state index in [1.165, 1.54) is 12.0 Å². The first-order chi connectivity index (χ1) is 10.5. The summed E-state index contributed by atoms with van der Waals surface area (Å²) in [5.41, 5.74) is 0.765. The maximum atomic E-state index is 12.3. The Morgan fingerprint density at radius 2 is 2.00 bits per heavy atom. The van der Waals surface area contributed by atoms with Gasteiger partial charge in [0.05, 0.1) is 0 Å². The molecular weight excluding hydrogens is 274 g/mol. The van der Waals surface area contributed by atoms with Gasteiger partial charge < -0.3 is 9.64 Å². The van der Waals surface area contributed by atoms with Crippen LogP contribution in [0.4, 0.5) is 4.79 Å². The third-order valence-corrected chi connectivity index (χ3v) is 3.77. The minimum absolute atomic E-state index is 0.176. The lowest BCUT2D eigenvalue weighted by Crippen LogP contribution is -2.45. The highest BCUT2D eigenvalue weighted by molar-refractivity contribution is 5.68. The molecule has 0 aromatic heterocycles. The molecular formula is C19H27NO2. The third kappa shape index (κ3) is 5.21. The summed E-state index contributed by atoms with van der Waals surface area (Å²) in [6.45, 7) is 6.55. The van der Waals surface area contributed by atoms with E-state index in [1.54, 1.807) is 0 Å². The topological polar surface area (TPSA) is 29.5 Å². The first-order valence-corrected chi connectivity index (χ1v) is 8.17. The van der Waals surface area contributed by atoms with Crippen LogP contribution in [-0.2, 0) is 4.74 Å². The molecule has 3 nitrogen and oxygen atoms in total. The second-order valence-corrected chi connectivity index (χ2v) is 6.87. The van der Waals surface area contributed by atoms with E-state index < -0.39 is 5.60 Å². The normalized spacial score (nSPS) is 19.4. The van der Waals surface area contributed by atoms with E-state index in [1.807, 2.05) is 43.9 Å². The zero-order valence-electron chi connectivity index (χ0n) is 13.9. The lowest BCUT2D eigenvalue weighted by atomic mass is 9.99. The maximum Gasteiger partial charge on any atom is 0.410 e. The van der Waals surface area contributed by atoms with Crippen molar-refractivity contribution in [1.82, 2.24) is 4.90 Å². The predicted molar refractivity (Wildman–Crippen MR) is 90.7 cm³/mol. The number of likely N-dealkylation sites (tertiary alicyclic amines) is 1. The largest absolute Gasteiger partial charge is 0.444 e. The van der Waals surface area contributed by atoms with Gasteiger partial charge in [0, 0.05) is 12.6 Å². The van der Waals surface area contributed by atoms with Gasteiger partial charge in [0.1, 0.15) is 5.60 Å². The second kappa shape index (κ2) is 7.48. The number of nitrogens with zero attached hydrogens (tertiary/aromatic N) is 1. The van der Waals surface area contributed by atoms with E-state index in [4.69, 9.17) is 4.74 Å². The molecule has 1 saturated heterocycles. The summed E-state index contributed by atoms with van der Waals surface area (Å²) in [6.07, 6.45) is 8.31. The average Bonchev–Trinajstić information content (AvgIpc) is 2.47. The number of carbonyl (C=O) groups excluding carboxylic acids is 1. The van der Waals surface area contributed by atoms with E-state index in [2.05, 4.69) is 24.3 Å². The van der Waals surface area contributed by atoms with Crippen molar-refractivity contribution in [3.8, 4) is 0 Å². The molecule has 1 atom stereocenters. The van der Waals surface area contributed by atoms with Crippen molar-refractivity contribution in [2.75, 3.05) is 6.54 Å². The smallest absolute Gasteiger partial charge is 0.410 e. The van der Waals surface area contributed by atoms with Gasteiger partial charge in [-0.15, -0.1) is 0 Å². The maximum absolute atomic E-state index is 12.3. The van der Waals surface area contributed by atoms with Gasteiger partial charge in [-0.25, -0.2) is 4.79 Å². The molecule has 0 aliphatic carbocycles. The van der Waals surface area contributed by atoms with Gasteiger partial charge in [-0.1, -0.05) is 42.5 Å². The van der Waals surface area contributed by atoms with Crippen molar-refractivity contribution in [2.24, 2.45) is 0 Å². The van der Waals surface area contributed by atoms with Crippen LogP contribution < -0.4 is 0 Å². The van der Waals surface area contributed by atoms with Gasteiger partial charge in [-0.05, 0) is 52.0 Å². The highest BCUT2D eigenvalue weighted by atomic mass is 16.6. The Labute approximate surface area is 134 Å². The second-order valence-electron chi connectivity index (χ2n) is 6.87. The highest BCUT2D eigenvalue weighted by Gasteiger charge is 2.29. The minimum atomic E-state index is -0.432. The van der Waals surface area contributed by atoms with Crippen LogP contribution in [0.1, 0.15) is 52.0 Å². The van der Waals surface area contributed by atoms with Crippen molar-refractivity contribution in [1.29, 1.82) is 0 Å². The molecule has 0 radical (unpaired) electrons. The summed E-state index contributed by atoms with van der Waals surface area (Å²) in [7, 11) is 0. The molecule has 1 heterocycles. The van der Waals surface area contributed by atoms with Crippen molar-refractivity contribution in [3.63, 3.8) is 0 Å². The number of rotatable bonds is 3. The van der Waals surface area contributed by atoms with Gasteiger partial charge in [-0.3, -0.25) is 0 Å². The van der Waals surface area contributed by atoms with Crippen LogP contribution in [0.15, 0.2) is 36.4 Å². The molecule has 3 heteroatoms. The molecule has 1 aromatic rings. The average molecular weight is 301 g/mol. The SMILES string of the molecule is CC(C)(C)OC(=O)N1CCCCC1C/C=C/c1ccccc1. The number of hydrogen-bond acceptors (Lipinski definition) is 2. The molecule has 0 bridgehead atoms. The molecule has 22 heavy (non-hydrogen) atoms. The minimum Gasteiger partial charge on any atom is -0.444 e. The Hall–Kier alpha value is -1.77. The van der Waals surface area contributed by atoms with E-state index in [9.17, 15) is 4.79 Å². The van der Waals surface area contributed by atoms with Gasteiger partial charge in [0.15, 0.2) is 0 Å². The quantitative estimate of drug-likeness (QED) is 0.796. The van der Waals surface area contributed by atoms with Crippen molar-refractivity contribution in [2.45, 2.75) is 58.1 Å². The molecule has 0 saturated carbocycles. The van der Waals surface area contributed by atoms with Crippen LogP contribution in [0.2, 0.25) is 0 Å². The summed E-state index contributed by atoms with van der Waals surface area (Å²) in [5.74, 6) is 0. The third-order valence-electron chi connectivity index (χ3n) is 3.77. The van der Waals surface area contributed by atoms with Crippen LogP contribution in [0.3, 0.4) is 0 Å². The molecule has 0 N–H and O–H groups in total. The van der Waals surface area contributed by atoms with Gasteiger partial charge in [0.25, 0.3) is 0 Å². The molecule has 0 spiro atoms. The van der Waals surface area contributed by atoms with Crippen LogP contribution in [0.5, 0.6) is 0 Å². The molecule has 1 aliphatic heterocycles. The summed E-state index contributed by atoms with van der Waals surface area (Å²) in [6, 6.07) is 10.5. The zero-order chi connectivity index (χ0) is 16.0. The summed E-state index contributed by atoms with van der Waals surface area (Å²) < 4.78 is 5.53. The summed E-state index contributed by atoms with van der Waals surface area (Å²) in [5, 5.41) is 0. The van der Waals surface area contributed by atoms with Gasteiger partial charge in [-0.2, -0.15) is 0 Å². The fourth-order valence-electron chi connectivity index (χ4n) is 2.73. The zero-order valence-corrected chi connectivity index (χ0v) is 13.9. The fourth-order valence-corrected chi connectivity index (χ4v) is 2.73. The Morgan fingerprint density at radius 3 is 2.68 bits per heavy atom. The van der Waals surface area contributed by atoms with Crippen LogP contribution in [-0.4, -0.2) is 29.2 Å². The number of piperidine rings is 1. The highest BCUT2D eigenvalue weighted by Crippen LogP contribution is 2.23. The standard InChI is InChI=1S/C19H27NO2/c1-19(2,3)22-18(21)20-15-8-7-13-17(20)14-9-12-16-10-5-4-6-11-16/h4-6,9-12,17H,7-8,13-15H2,1-3H3/b12-9+. The van der Waals surface area contributed by atoms with E-state index in [0.717, 1.165) is 25.8 Å². The number of ether oxygens (including phenoxy) is 1. The summed E-state index contributed by atoms with van der Waals surface area (Å²) >= 11 is 0. The van der Waals surface area contributed by atoms with Gasteiger partial charge in [0.2, 0.25) is 0 Å².